The second-order valence-electron chi connectivity index (χ2n) is 7.66. The summed E-state index contributed by atoms with van der Waals surface area (Å²) in [6.07, 6.45) is -2.99. The number of hydrogen-bond donors (Lipinski definition) is 3. The number of anilines is 2. The third-order valence-corrected chi connectivity index (χ3v) is 5.31. The van der Waals surface area contributed by atoms with Crippen LogP contribution in [0.1, 0.15) is 37.2 Å². The maximum absolute atomic E-state index is 12.7. The monoisotopic (exact) mass is 409 g/mol. The van der Waals surface area contributed by atoms with Crippen molar-refractivity contribution in [3.8, 4) is 6.07 Å². The fourth-order valence-electron chi connectivity index (χ4n) is 3.12. The van der Waals surface area contributed by atoms with E-state index in [4.69, 9.17) is 0 Å². The molecule has 3 N–H and O–H groups in total. The van der Waals surface area contributed by atoms with Crippen LogP contribution < -0.4 is 10.6 Å². The summed E-state index contributed by atoms with van der Waals surface area (Å²) >= 11 is 0. The summed E-state index contributed by atoms with van der Waals surface area (Å²) in [6.45, 7) is 5.84. The molecule has 2 aromatic rings. The van der Waals surface area contributed by atoms with Gasteiger partial charge in [-0.25, -0.2) is 4.98 Å². The summed E-state index contributed by atoms with van der Waals surface area (Å²) in [5, 5.41) is 28.8. The molecule has 8 nitrogen and oxygen atoms in total. The number of nitrogens with one attached hydrogen (secondary N) is 2. The van der Waals surface area contributed by atoms with E-state index in [-0.39, 0.29) is 36.1 Å². The highest BCUT2D eigenvalue weighted by atomic mass is 19.4. The number of alkyl halides is 3. The molecular weight excluding hydrogens is 387 g/mol. The van der Waals surface area contributed by atoms with Gasteiger partial charge in [-0.2, -0.15) is 28.5 Å². The van der Waals surface area contributed by atoms with Crippen LogP contribution >= 0.6 is 0 Å². The van der Waals surface area contributed by atoms with E-state index in [9.17, 15) is 23.5 Å². The quantitative estimate of drug-likeness (QED) is 0.672. The van der Waals surface area contributed by atoms with Gasteiger partial charge < -0.3 is 15.7 Å². The Kier molecular flexibility index (Phi) is 5.40. The molecule has 2 heterocycles. The number of aliphatic hydroxyl groups excluding tert-OH is 1. The first kappa shape index (κ1) is 20.9. The summed E-state index contributed by atoms with van der Waals surface area (Å²) in [5.74, 6) is 0.592. The molecule has 11 heteroatoms. The highest BCUT2D eigenvalue weighted by Crippen LogP contribution is 2.42. The van der Waals surface area contributed by atoms with Crippen molar-refractivity contribution in [3.63, 3.8) is 0 Å². The van der Waals surface area contributed by atoms with Gasteiger partial charge in [0, 0.05) is 23.7 Å². The summed E-state index contributed by atoms with van der Waals surface area (Å²) in [7, 11) is 0. The number of hydrogen-bond acceptors (Lipinski definition) is 7. The van der Waals surface area contributed by atoms with Crippen LogP contribution in [0.3, 0.4) is 0 Å². The first-order valence-electron chi connectivity index (χ1n) is 9.09. The van der Waals surface area contributed by atoms with Gasteiger partial charge in [0.25, 0.3) is 0 Å². The van der Waals surface area contributed by atoms with Gasteiger partial charge in [0.1, 0.15) is 17.5 Å². The molecule has 0 radical (unpaired) electrons. The molecule has 0 amide bonds. The van der Waals surface area contributed by atoms with E-state index >= 15 is 0 Å². The number of aryl methyl sites for hydroxylation is 1. The van der Waals surface area contributed by atoms with Crippen molar-refractivity contribution in [2.45, 2.75) is 52.1 Å². The lowest BCUT2D eigenvalue weighted by Gasteiger charge is -2.49. The number of rotatable bonds is 6. The number of aliphatic hydroxyl groups is 1. The zero-order valence-electron chi connectivity index (χ0n) is 16.2. The maximum atomic E-state index is 12.7. The average Bonchev–Trinajstić information content (AvgIpc) is 3.03. The first-order chi connectivity index (χ1) is 13.5. The van der Waals surface area contributed by atoms with Crippen molar-refractivity contribution in [3.05, 3.63) is 29.2 Å². The molecule has 1 unspecified atom stereocenters. The topological polar surface area (TPSA) is 112 Å². The minimum absolute atomic E-state index is 0.0418. The fraction of sp³-hybridized carbons (Fsp3) is 0.556. The highest BCUT2D eigenvalue weighted by Gasteiger charge is 2.47. The van der Waals surface area contributed by atoms with E-state index in [2.05, 4.69) is 25.7 Å². The van der Waals surface area contributed by atoms with E-state index in [0.717, 1.165) is 6.07 Å². The molecule has 0 spiro atoms. The lowest BCUT2D eigenvalue weighted by atomic mass is 9.64. The molecule has 1 aliphatic rings. The Bertz CT molecular complexity index is 933. The molecule has 0 saturated heterocycles. The van der Waals surface area contributed by atoms with Crippen molar-refractivity contribution < 1.29 is 18.3 Å². The van der Waals surface area contributed by atoms with Crippen LogP contribution in [0.2, 0.25) is 0 Å². The van der Waals surface area contributed by atoms with Crippen LogP contribution in [0.5, 0.6) is 0 Å². The van der Waals surface area contributed by atoms with Crippen molar-refractivity contribution in [2.75, 3.05) is 17.2 Å². The lowest BCUT2D eigenvalue weighted by Crippen LogP contribution is -2.57. The van der Waals surface area contributed by atoms with Gasteiger partial charge in [-0.3, -0.25) is 4.68 Å². The van der Waals surface area contributed by atoms with Crippen molar-refractivity contribution in [2.24, 2.45) is 5.41 Å². The number of nitriles is 1. The van der Waals surface area contributed by atoms with E-state index in [1.165, 1.54) is 10.9 Å². The minimum Gasteiger partial charge on any atom is -0.392 e. The molecule has 156 valence electrons. The molecule has 2 atom stereocenters. The molecule has 29 heavy (non-hydrogen) atoms. The number of halogens is 3. The third kappa shape index (κ3) is 4.27. The largest absolute Gasteiger partial charge is 0.435 e. The molecule has 0 aliphatic heterocycles. The van der Waals surface area contributed by atoms with E-state index in [0.29, 0.717) is 17.9 Å². The van der Waals surface area contributed by atoms with Crippen molar-refractivity contribution in [1.82, 2.24) is 19.7 Å². The van der Waals surface area contributed by atoms with Crippen LogP contribution in [0, 0.1) is 23.7 Å². The Labute approximate surface area is 165 Å². The second-order valence-corrected chi connectivity index (χ2v) is 7.66. The van der Waals surface area contributed by atoms with Crippen LogP contribution in [0.25, 0.3) is 0 Å². The summed E-state index contributed by atoms with van der Waals surface area (Å²) in [4.78, 5) is 8.37. The summed E-state index contributed by atoms with van der Waals surface area (Å²) in [6, 6.07) is 2.98. The molecule has 0 bridgehead atoms. The zero-order valence-corrected chi connectivity index (χ0v) is 16.2. The highest BCUT2D eigenvalue weighted by molar-refractivity contribution is 5.54. The average molecular weight is 409 g/mol. The predicted octanol–water partition coefficient (Wildman–Crippen LogP) is 2.56. The maximum Gasteiger partial charge on any atom is 0.435 e. The Morgan fingerprint density at radius 2 is 2.14 bits per heavy atom. The first-order valence-corrected chi connectivity index (χ1v) is 9.09. The van der Waals surface area contributed by atoms with Gasteiger partial charge in [0.2, 0.25) is 5.95 Å². The van der Waals surface area contributed by atoms with E-state index < -0.39 is 18.0 Å². The van der Waals surface area contributed by atoms with Gasteiger partial charge in [0.05, 0.1) is 18.8 Å². The van der Waals surface area contributed by atoms with Crippen molar-refractivity contribution >= 4 is 11.8 Å². The smallest absolute Gasteiger partial charge is 0.392 e. The predicted molar refractivity (Wildman–Crippen MR) is 99.0 cm³/mol. The third-order valence-electron chi connectivity index (χ3n) is 5.31. The molecule has 1 aliphatic carbocycles. The van der Waals surface area contributed by atoms with Crippen molar-refractivity contribution in [1.29, 1.82) is 5.26 Å². The molecule has 0 aromatic carbocycles. The molecular formula is C18H22F3N7O. The molecule has 1 fully saturated rings. The lowest BCUT2D eigenvalue weighted by molar-refractivity contribution is -0.141. The normalized spacial score (nSPS) is 20.6. The van der Waals surface area contributed by atoms with Gasteiger partial charge in [0.15, 0.2) is 5.69 Å². The Morgan fingerprint density at radius 1 is 1.41 bits per heavy atom. The Hall–Kier alpha value is -2.87. The van der Waals surface area contributed by atoms with Crippen LogP contribution in [-0.4, -0.2) is 43.5 Å². The summed E-state index contributed by atoms with van der Waals surface area (Å²) < 4.78 is 39.5. The van der Waals surface area contributed by atoms with Gasteiger partial charge in [-0.05, 0) is 19.4 Å². The van der Waals surface area contributed by atoms with Gasteiger partial charge in [-0.15, -0.1) is 0 Å². The van der Waals surface area contributed by atoms with E-state index in [1.54, 1.807) is 6.92 Å². The molecule has 3 rings (SSSR count). The van der Waals surface area contributed by atoms with Gasteiger partial charge in [-0.1, -0.05) is 13.8 Å². The molecule has 2 aromatic heterocycles. The van der Waals surface area contributed by atoms with Crippen LogP contribution in [0.15, 0.2) is 12.3 Å². The minimum atomic E-state index is -4.48. The second kappa shape index (κ2) is 7.51. The Morgan fingerprint density at radius 3 is 2.69 bits per heavy atom. The summed E-state index contributed by atoms with van der Waals surface area (Å²) in [5.41, 5.74) is -0.612. The zero-order chi connectivity index (χ0) is 21.4. The van der Waals surface area contributed by atoms with Crippen LogP contribution in [-0.2, 0) is 12.7 Å². The number of nitrogens with zero attached hydrogens (tertiary/aromatic N) is 5. The SMILES string of the molecule is Cc1cc(C(F)(F)F)nn1CCNc1ncc(C#N)c(NC2C[C@H](O)C2(C)C)n1. The Balaban J connectivity index is 1.65. The van der Waals surface area contributed by atoms with E-state index in [1.807, 2.05) is 19.9 Å². The fourth-order valence-corrected chi connectivity index (χ4v) is 3.12. The molecule has 1 saturated carbocycles. The van der Waals surface area contributed by atoms with Gasteiger partial charge >= 0.3 is 6.18 Å². The number of aromatic nitrogens is 4. The standard InChI is InChI=1S/C18H22F3N7O/c1-10-6-13(18(19,20)21)27-28(10)5-4-23-16-24-9-11(8-22)15(26-16)25-12-7-14(29)17(12,2)3/h6,9,12,14,29H,4-5,7H2,1-3H3,(H2,23,24,25,26)/t12?,14-/m0/s1. The van der Waals surface area contributed by atoms with Crippen LogP contribution in [0.4, 0.5) is 24.9 Å².